The van der Waals surface area contributed by atoms with Crippen LogP contribution in [0.3, 0.4) is 0 Å². The molecule has 1 rings (SSSR count). The zero-order valence-corrected chi connectivity index (χ0v) is 13.1. The van der Waals surface area contributed by atoms with E-state index in [9.17, 15) is 9.90 Å². The third kappa shape index (κ3) is 4.81. The molecule has 1 atom stereocenters. The van der Waals surface area contributed by atoms with Crippen molar-refractivity contribution in [3.8, 4) is 0 Å². The second-order valence-electron chi connectivity index (χ2n) is 5.23. The maximum atomic E-state index is 12.0. The fraction of sp³-hybridized carbons (Fsp3) is 0.562. The summed E-state index contributed by atoms with van der Waals surface area (Å²) in [5, 5.41) is 13.1. The number of nitrogens with one attached hydrogen (secondary N) is 1. The maximum absolute atomic E-state index is 12.0. The van der Waals surface area contributed by atoms with Crippen molar-refractivity contribution >= 4 is 5.97 Å². The Balaban J connectivity index is 3.04. The number of likely N-dealkylation sites (N-methyl/N-ethyl adjacent to an activating group) is 1. The van der Waals surface area contributed by atoms with Crippen molar-refractivity contribution in [3.05, 3.63) is 35.9 Å². The summed E-state index contributed by atoms with van der Waals surface area (Å²) in [6.07, 6.45) is 0.879. The Morgan fingerprint density at radius 2 is 2.05 bits per heavy atom. The molecule has 0 aliphatic carbocycles. The van der Waals surface area contributed by atoms with Gasteiger partial charge in [-0.3, -0.25) is 5.32 Å². The van der Waals surface area contributed by atoms with E-state index in [0.29, 0.717) is 26.2 Å². The smallest absolute Gasteiger partial charge is 0.329 e. The van der Waals surface area contributed by atoms with Crippen LogP contribution in [-0.2, 0) is 15.1 Å². The molecular formula is C16H26N2O3. The van der Waals surface area contributed by atoms with E-state index >= 15 is 0 Å². The van der Waals surface area contributed by atoms with Gasteiger partial charge < -0.3 is 14.7 Å². The van der Waals surface area contributed by atoms with Gasteiger partial charge in [0.05, 0.1) is 6.61 Å². The second-order valence-corrected chi connectivity index (χ2v) is 5.23. The van der Waals surface area contributed by atoms with Gasteiger partial charge in [0.2, 0.25) is 0 Å². The van der Waals surface area contributed by atoms with Gasteiger partial charge in [-0.1, -0.05) is 37.3 Å². The first-order valence-corrected chi connectivity index (χ1v) is 7.28. The predicted molar refractivity (Wildman–Crippen MR) is 83.4 cm³/mol. The van der Waals surface area contributed by atoms with Gasteiger partial charge in [0.15, 0.2) is 5.54 Å². The molecular weight excluding hydrogens is 268 g/mol. The lowest BCUT2D eigenvalue weighted by Gasteiger charge is -2.35. The lowest BCUT2D eigenvalue weighted by atomic mass is 9.89. The highest BCUT2D eigenvalue weighted by Crippen LogP contribution is 2.23. The average Bonchev–Trinajstić information content (AvgIpc) is 2.50. The maximum Gasteiger partial charge on any atom is 0.329 e. The van der Waals surface area contributed by atoms with E-state index in [1.54, 1.807) is 7.11 Å². The molecule has 1 aromatic rings. The molecule has 21 heavy (non-hydrogen) atoms. The Morgan fingerprint density at radius 3 is 2.57 bits per heavy atom. The minimum atomic E-state index is -1.10. The summed E-state index contributed by atoms with van der Waals surface area (Å²) in [5.41, 5.74) is -0.324. The molecule has 2 N–H and O–H groups in total. The number of hydrogen-bond donors (Lipinski definition) is 2. The molecule has 5 nitrogen and oxygen atoms in total. The van der Waals surface area contributed by atoms with E-state index in [0.717, 1.165) is 12.0 Å². The molecule has 0 amide bonds. The molecule has 0 heterocycles. The van der Waals surface area contributed by atoms with Crippen LogP contribution in [0.5, 0.6) is 0 Å². The zero-order chi connectivity index (χ0) is 15.7. The minimum absolute atomic E-state index is 0.385. The van der Waals surface area contributed by atoms with Crippen LogP contribution in [0.4, 0.5) is 0 Å². The van der Waals surface area contributed by atoms with Crippen LogP contribution in [0, 0.1) is 0 Å². The number of aliphatic carboxylic acids is 1. The van der Waals surface area contributed by atoms with Gasteiger partial charge in [0, 0.05) is 20.2 Å². The fourth-order valence-electron chi connectivity index (χ4n) is 2.31. The van der Waals surface area contributed by atoms with E-state index in [1.807, 2.05) is 49.2 Å². The van der Waals surface area contributed by atoms with Gasteiger partial charge in [0.25, 0.3) is 0 Å². The van der Waals surface area contributed by atoms with Crippen molar-refractivity contribution in [1.82, 2.24) is 10.2 Å². The highest BCUT2D eigenvalue weighted by Gasteiger charge is 2.40. The van der Waals surface area contributed by atoms with Gasteiger partial charge in [-0.15, -0.1) is 0 Å². The summed E-state index contributed by atoms with van der Waals surface area (Å²) in [6.45, 7) is 4.33. The van der Waals surface area contributed by atoms with Gasteiger partial charge >= 0.3 is 5.97 Å². The normalized spacial score (nSPS) is 14.1. The van der Waals surface area contributed by atoms with Crippen LogP contribution >= 0.6 is 0 Å². The van der Waals surface area contributed by atoms with E-state index < -0.39 is 11.5 Å². The first-order chi connectivity index (χ1) is 10.1. The lowest BCUT2D eigenvalue weighted by molar-refractivity contribution is -0.146. The topological polar surface area (TPSA) is 61.8 Å². The van der Waals surface area contributed by atoms with E-state index in [1.165, 1.54) is 0 Å². The number of rotatable bonds is 10. The van der Waals surface area contributed by atoms with E-state index in [-0.39, 0.29) is 0 Å². The SMILES string of the molecule is CCCNC(CN(C)CCOC)(C(=O)O)c1ccccc1. The summed E-state index contributed by atoms with van der Waals surface area (Å²) in [7, 11) is 3.55. The molecule has 1 aromatic carbocycles. The quantitative estimate of drug-likeness (QED) is 0.685. The largest absolute Gasteiger partial charge is 0.480 e. The first kappa shape index (κ1) is 17.6. The number of ether oxygens (including phenoxy) is 1. The molecule has 5 heteroatoms. The van der Waals surface area contributed by atoms with Crippen LogP contribution in [0.25, 0.3) is 0 Å². The monoisotopic (exact) mass is 294 g/mol. The summed E-state index contributed by atoms with van der Waals surface area (Å²) < 4.78 is 5.06. The Hall–Kier alpha value is -1.43. The second kappa shape index (κ2) is 8.77. The lowest BCUT2D eigenvalue weighted by Crippen LogP contribution is -2.56. The third-order valence-electron chi connectivity index (χ3n) is 3.49. The number of benzene rings is 1. The molecule has 0 bridgehead atoms. The first-order valence-electron chi connectivity index (χ1n) is 7.28. The molecule has 118 valence electrons. The van der Waals surface area contributed by atoms with Crippen LogP contribution in [0.2, 0.25) is 0 Å². The molecule has 0 saturated heterocycles. The molecule has 1 unspecified atom stereocenters. The molecule has 0 radical (unpaired) electrons. The number of nitrogens with zero attached hydrogens (tertiary/aromatic N) is 1. The van der Waals surface area contributed by atoms with Gasteiger partial charge in [0.1, 0.15) is 0 Å². The number of carboxylic acids is 1. The number of carbonyl (C=O) groups is 1. The van der Waals surface area contributed by atoms with Crippen molar-refractivity contribution in [2.75, 3.05) is 40.4 Å². The summed E-state index contributed by atoms with van der Waals surface area (Å²) in [4.78, 5) is 14.0. The van der Waals surface area contributed by atoms with Gasteiger partial charge in [-0.25, -0.2) is 4.79 Å². The third-order valence-corrected chi connectivity index (χ3v) is 3.49. The van der Waals surface area contributed by atoms with Crippen LogP contribution in [0.1, 0.15) is 18.9 Å². The van der Waals surface area contributed by atoms with E-state index in [4.69, 9.17) is 4.74 Å². The van der Waals surface area contributed by atoms with Crippen LogP contribution in [-0.4, -0.2) is 56.4 Å². The van der Waals surface area contributed by atoms with Crippen molar-refractivity contribution in [1.29, 1.82) is 0 Å². The molecule has 0 aromatic heterocycles. The Morgan fingerprint density at radius 1 is 1.38 bits per heavy atom. The van der Waals surface area contributed by atoms with E-state index in [2.05, 4.69) is 5.32 Å². The molecule has 0 fully saturated rings. The van der Waals surface area contributed by atoms with Gasteiger partial charge in [-0.2, -0.15) is 0 Å². The summed E-state index contributed by atoms with van der Waals surface area (Å²) in [6, 6.07) is 9.36. The number of carboxylic acid groups (broad SMARTS) is 1. The Bertz CT molecular complexity index is 425. The summed E-state index contributed by atoms with van der Waals surface area (Å²) in [5.74, 6) is -0.855. The molecule has 0 spiro atoms. The zero-order valence-electron chi connectivity index (χ0n) is 13.1. The Kier molecular flexibility index (Phi) is 7.36. The predicted octanol–water partition coefficient (Wildman–Crippen LogP) is 1.54. The minimum Gasteiger partial charge on any atom is -0.480 e. The molecule has 0 saturated carbocycles. The Labute approximate surface area is 126 Å². The highest BCUT2D eigenvalue weighted by molar-refractivity contribution is 5.81. The van der Waals surface area contributed by atoms with Crippen molar-refractivity contribution in [2.45, 2.75) is 18.9 Å². The highest BCUT2D eigenvalue weighted by atomic mass is 16.5. The van der Waals surface area contributed by atoms with Crippen LogP contribution < -0.4 is 5.32 Å². The molecule has 0 aliphatic heterocycles. The van der Waals surface area contributed by atoms with Crippen molar-refractivity contribution in [2.24, 2.45) is 0 Å². The summed E-state index contributed by atoms with van der Waals surface area (Å²) >= 11 is 0. The number of hydrogen-bond acceptors (Lipinski definition) is 4. The number of methoxy groups -OCH3 is 1. The van der Waals surface area contributed by atoms with Gasteiger partial charge in [-0.05, 0) is 25.6 Å². The van der Waals surface area contributed by atoms with Crippen molar-refractivity contribution in [3.63, 3.8) is 0 Å². The molecule has 0 aliphatic rings. The standard InChI is InChI=1S/C16H26N2O3/c1-4-10-17-16(15(19)20,13-18(2)11-12-21-3)14-8-6-5-7-9-14/h5-9,17H,4,10-13H2,1-3H3,(H,19,20). The average molecular weight is 294 g/mol. The fourth-order valence-corrected chi connectivity index (χ4v) is 2.31. The van der Waals surface area contributed by atoms with Crippen molar-refractivity contribution < 1.29 is 14.6 Å². The van der Waals surface area contributed by atoms with Crippen LogP contribution in [0.15, 0.2) is 30.3 Å².